The van der Waals surface area contributed by atoms with E-state index >= 15 is 0 Å². The first-order valence-corrected chi connectivity index (χ1v) is 27.0. The maximum Gasteiger partial charge on any atom is 0.306 e. The topological polar surface area (TPSA) is 95.9 Å². The molecule has 0 aromatic heterocycles. The van der Waals surface area contributed by atoms with Crippen molar-refractivity contribution in [2.45, 2.75) is 283 Å². The third-order valence-corrected chi connectivity index (χ3v) is 12.1. The Labute approximate surface area is 390 Å². The molecule has 0 aromatic rings. The van der Waals surface area contributed by atoms with Gasteiger partial charge in [-0.3, -0.25) is 9.59 Å². The van der Waals surface area contributed by atoms with Crippen molar-refractivity contribution in [1.29, 1.82) is 0 Å². The van der Waals surface area contributed by atoms with Gasteiger partial charge in [-0.25, -0.2) is 0 Å². The van der Waals surface area contributed by atoms with Crippen LogP contribution in [0.1, 0.15) is 265 Å². The second-order valence-corrected chi connectivity index (χ2v) is 18.3. The van der Waals surface area contributed by atoms with Gasteiger partial charge in [0, 0.05) is 6.42 Å². The fourth-order valence-corrected chi connectivity index (χ4v) is 8.06. The molecule has 3 unspecified atom stereocenters. The number of allylic oxidation sites excluding steroid dienone is 10. The van der Waals surface area contributed by atoms with E-state index in [1.54, 1.807) is 0 Å². The molecule has 0 aromatic carbocycles. The number of aliphatic hydroxyl groups is 2. The fraction of sp³-hybridized carbons (Fsp3) is 0.789. The van der Waals surface area contributed by atoms with E-state index in [1.807, 2.05) is 0 Å². The van der Waals surface area contributed by atoms with E-state index in [0.29, 0.717) is 19.3 Å². The monoisotopic (exact) mass is 882 g/mol. The lowest BCUT2D eigenvalue weighted by Gasteiger charge is -2.24. The van der Waals surface area contributed by atoms with Crippen LogP contribution >= 0.6 is 0 Å². The van der Waals surface area contributed by atoms with Crippen LogP contribution in [0.25, 0.3) is 0 Å². The van der Waals surface area contributed by atoms with E-state index in [4.69, 9.17) is 4.74 Å². The first-order chi connectivity index (χ1) is 31.0. The van der Waals surface area contributed by atoms with Crippen molar-refractivity contribution in [2.75, 3.05) is 6.61 Å². The number of hydrogen-bond donors (Lipinski definition) is 3. The van der Waals surface area contributed by atoms with E-state index in [1.165, 1.54) is 128 Å². The number of nitrogens with one attached hydrogen (secondary N) is 1. The summed E-state index contributed by atoms with van der Waals surface area (Å²) in [5.74, 6) is -0.513. The molecule has 1 amide bonds. The highest BCUT2D eigenvalue weighted by atomic mass is 16.5. The molecule has 3 N–H and O–H groups in total. The predicted molar refractivity (Wildman–Crippen MR) is 273 cm³/mol. The zero-order valence-corrected chi connectivity index (χ0v) is 41.7. The van der Waals surface area contributed by atoms with Crippen LogP contribution in [-0.4, -0.2) is 46.9 Å². The van der Waals surface area contributed by atoms with Gasteiger partial charge >= 0.3 is 5.97 Å². The molecular formula is C57H103NO5. The molecule has 63 heavy (non-hydrogen) atoms. The minimum Gasteiger partial charge on any atom is -0.462 e. The van der Waals surface area contributed by atoms with Gasteiger partial charge in [0.15, 0.2) is 0 Å². The van der Waals surface area contributed by atoms with Gasteiger partial charge in [-0.1, -0.05) is 236 Å². The van der Waals surface area contributed by atoms with Crippen LogP contribution in [0.4, 0.5) is 0 Å². The van der Waals surface area contributed by atoms with Gasteiger partial charge < -0.3 is 20.3 Å². The SMILES string of the molecule is CC/C=C/C/C=C/CCCCCCCCCC(=O)OC(CCCCC/C=C/C=C/C=C/CCCCCCC)CC(=O)NC(CO)C(O)CCCCCCCCCCCCCCCC. The standard InChI is InChI=1S/C57H103NO5/c1-4-7-10-13-16-19-22-25-28-29-30-33-36-39-42-45-48-53(63-57(62)50-47-44-41-38-35-32-27-24-21-18-15-12-9-6-3)51-56(61)58-54(52-59)55(60)49-46-43-40-37-34-31-26-23-20-17-14-11-8-5-2/h9,12,18,21-22,25,28-30,33,53-55,59-60H,4-8,10-11,13-17,19-20,23-24,26-27,31-32,34-52H2,1-3H3,(H,58,61)/b12-9+,21-18+,25-22+,29-28+,33-30+. The predicted octanol–water partition coefficient (Wildman–Crippen LogP) is 16.4. The molecule has 0 spiro atoms. The van der Waals surface area contributed by atoms with Crippen molar-refractivity contribution in [2.24, 2.45) is 0 Å². The molecule has 0 aliphatic rings. The fourth-order valence-electron chi connectivity index (χ4n) is 8.06. The van der Waals surface area contributed by atoms with Crippen molar-refractivity contribution in [3.8, 4) is 0 Å². The number of unbranched alkanes of at least 4 members (excludes halogenated alkanes) is 28. The molecule has 0 rings (SSSR count). The Morgan fingerprint density at radius 1 is 0.492 bits per heavy atom. The summed E-state index contributed by atoms with van der Waals surface area (Å²) in [6.45, 7) is 6.36. The third kappa shape index (κ3) is 45.9. The summed E-state index contributed by atoms with van der Waals surface area (Å²) in [6, 6.07) is -0.716. The average molecular weight is 882 g/mol. The van der Waals surface area contributed by atoms with E-state index in [2.05, 4.69) is 86.8 Å². The Morgan fingerprint density at radius 2 is 0.921 bits per heavy atom. The summed E-state index contributed by atoms with van der Waals surface area (Å²) in [4.78, 5) is 26.2. The Balaban J connectivity index is 4.65. The summed E-state index contributed by atoms with van der Waals surface area (Å²) in [6.07, 6.45) is 62.8. The lowest BCUT2D eigenvalue weighted by molar-refractivity contribution is -0.151. The molecule has 0 saturated heterocycles. The van der Waals surface area contributed by atoms with Crippen LogP contribution in [0.5, 0.6) is 0 Å². The average Bonchev–Trinajstić information content (AvgIpc) is 3.28. The van der Waals surface area contributed by atoms with Gasteiger partial charge in [0.05, 0.1) is 25.2 Å². The summed E-state index contributed by atoms with van der Waals surface area (Å²) in [7, 11) is 0. The van der Waals surface area contributed by atoms with Crippen molar-refractivity contribution in [3.05, 3.63) is 60.8 Å². The second-order valence-electron chi connectivity index (χ2n) is 18.3. The Morgan fingerprint density at radius 3 is 1.43 bits per heavy atom. The first-order valence-electron chi connectivity index (χ1n) is 27.0. The van der Waals surface area contributed by atoms with Crippen molar-refractivity contribution in [1.82, 2.24) is 5.32 Å². The van der Waals surface area contributed by atoms with Crippen molar-refractivity contribution in [3.63, 3.8) is 0 Å². The Hall–Kier alpha value is -2.44. The number of hydrogen-bond acceptors (Lipinski definition) is 5. The van der Waals surface area contributed by atoms with Gasteiger partial charge in [0.25, 0.3) is 0 Å². The van der Waals surface area contributed by atoms with Crippen LogP contribution < -0.4 is 5.32 Å². The highest BCUT2D eigenvalue weighted by molar-refractivity contribution is 5.77. The molecule has 6 nitrogen and oxygen atoms in total. The highest BCUT2D eigenvalue weighted by Crippen LogP contribution is 2.18. The van der Waals surface area contributed by atoms with Gasteiger partial charge in [-0.15, -0.1) is 0 Å². The minimum atomic E-state index is -0.800. The molecule has 0 fully saturated rings. The van der Waals surface area contributed by atoms with Crippen LogP contribution in [0.3, 0.4) is 0 Å². The number of carbonyl (C=O) groups excluding carboxylic acids is 2. The van der Waals surface area contributed by atoms with Gasteiger partial charge in [0.1, 0.15) is 6.10 Å². The van der Waals surface area contributed by atoms with E-state index in [-0.39, 0.29) is 24.9 Å². The molecule has 0 aliphatic carbocycles. The maximum atomic E-state index is 13.2. The van der Waals surface area contributed by atoms with Crippen LogP contribution in [0, 0.1) is 0 Å². The maximum absolute atomic E-state index is 13.2. The molecule has 366 valence electrons. The highest BCUT2D eigenvalue weighted by Gasteiger charge is 2.24. The molecule has 0 radical (unpaired) electrons. The largest absolute Gasteiger partial charge is 0.462 e. The number of rotatable bonds is 48. The lowest BCUT2D eigenvalue weighted by Crippen LogP contribution is -2.46. The first kappa shape index (κ1) is 60.6. The van der Waals surface area contributed by atoms with E-state index in [9.17, 15) is 19.8 Å². The van der Waals surface area contributed by atoms with Crippen LogP contribution in [0.15, 0.2) is 60.8 Å². The zero-order valence-electron chi connectivity index (χ0n) is 41.7. The smallest absolute Gasteiger partial charge is 0.306 e. The number of ether oxygens (including phenoxy) is 1. The molecular weight excluding hydrogens is 779 g/mol. The molecule has 0 aliphatic heterocycles. The Bertz CT molecular complexity index is 1130. The number of amides is 1. The van der Waals surface area contributed by atoms with E-state index < -0.39 is 18.2 Å². The summed E-state index contributed by atoms with van der Waals surface area (Å²) < 4.78 is 5.93. The Kier molecular flexibility index (Phi) is 48.6. The molecule has 6 heteroatoms. The number of carbonyl (C=O) groups is 2. The van der Waals surface area contributed by atoms with Crippen LogP contribution in [0.2, 0.25) is 0 Å². The zero-order chi connectivity index (χ0) is 45.9. The summed E-state index contributed by atoms with van der Waals surface area (Å²) in [5.41, 5.74) is 0. The van der Waals surface area contributed by atoms with Gasteiger partial charge in [0.2, 0.25) is 5.91 Å². The normalized spacial score (nSPS) is 13.7. The quantitative estimate of drug-likeness (QED) is 0.0245. The molecule has 0 bridgehead atoms. The minimum absolute atomic E-state index is 0.0510. The van der Waals surface area contributed by atoms with Gasteiger partial charge in [-0.2, -0.15) is 0 Å². The molecule has 0 saturated carbocycles. The lowest BCUT2D eigenvalue weighted by atomic mass is 10.0. The summed E-state index contributed by atoms with van der Waals surface area (Å²) in [5, 5.41) is 23.8. The molecule has 0 heterocycles. The van der Waals surface area contributed by atoms with Crippen LogP contribution in [-0.2, 0) is 14.3 Å². The number of aliphatic hydroxyl groups excluding tert-OH is 2. The number of esters is 1. The van der Waals surface area contributed by atoms with Crippen molar-refractivity contribution < 1.29 is 24.5 Å². The van der Waals surface area contributed by atoms with Gasteiger partial charge in [-0.05, 0) is 77.0 Å². The third-order valence-electron chi connectivity index (χ3n) is 12.1. The summed E-state index contributed by atoms with van der Waals surface area (Å²) >= 11 is 0. The van der Waals surface area contributed by atoms with E-state index in [0.717, 1.165) is 89.9 Å². The van der Waals surface area contributed by atoms with Crippen molar-refractivity contribution >= 4 is 11.9 Å². The molecule has 3 atom stereocenters. The second kappa shape index (κ2) is 50.6.